The lowest BCUT2D eigenvalue weighted by atomic mass is 10.2. The van der Waals surface area contributed by atoms with E-state index in [-0.39, 0.29) is 11.9 Å². The minimum atomic E-state index is -0.272. The molecule has 6 heteroatoms. The summed E-state index contributed by atoms with van der Waals surface area (Å²) in [6.07, 6.45) is 0. The zero-order valence-electron chi connectivity index (χ0n) is 12.3. The number of carbonyl (C=O) groups is 1. The van der Waals surface area contributed by atoms with Gasteiger partial charge in [0.25, 0.3) is 0 Å². The monoisotopic (exact) mass is 377 g/mol. The number of nitriles is 1. The Labute approximate surface area is 142 Å². The highest BCUT2D eigenvalue weighted by molar-refractivity contribution is 9.10. The summed E-state index contributed by atoms with van der Waals surface area (Å²) >= 11 is 5.09. The second-order valence-corrected chi connectivity index (χ2v) is 6.92. The van der Waals surface area contributed by atoms with Crippen LogP contribution in [0.2, 0.25) is 0 Å². The van der Waals surface area contributed by atoms with Crippen molar-refractivity contribution in [2.75, 3.05) is 12.4 Å². The number of nitrogens with zero attached hydrogens (tertiary/aromatic N) is 2. The molecule has 0 bridgehead atoms. The average molecular weight is 378 g/mol. The molecule has 0 saturated heterocycles. The first-order chi connectivity index (χ1) is 10.5. The van der Waals surface area contributed by atoms with E-state index in [1.165, 1.54) is 4.88 Å². The van der Waals surface area contributed by atoms with Crippen LogP contribution in [-0.2, 0) is 11.3 Å². The van der Waals surface area contributed by atoms with Crippen LogP contribution >= 0.6 is 27.3 Å². The number of amides is 1. The van der Waals surface area contributed by atoms with Gasteiger partial charge in [0.05, 0.1) is 17.7 Å². The molecule has 0 aliphatic heterocycles. The molecule has 1 N–H and O–H groups in total. The van der Waals surface area contributed by atoms with Crippen LogP contribution in [0.1, 0.15) is 17.4 Å². The van der Waals surface area contributed by atoms with Crippen LogP contribution in [0.4, 0.5) is 5.69 Å². The fraction of sp³-hybridized carbons (Fsp3) is 0.250. The maximum absolute atomic E-state index is 12.3. The molecule has 2 aromatic rings. The Bertz CT molecular complexity index is 707. The molecule has 4 nitrogen and oxygen atoms in total. The Kier molecular flexibility index (Phi) is 5.72. The molecule has 114 valence electrons. The number of carbonyl (C=O) groups excluding carboxylic acids is 1. The average Bonchev–Trinajstić information content (AvgIpc) is 2.91. The first-order valence-corrected chi connectivity index (χ1v) is 8.41. The summed E-state index contributed by atoms with van der Waals surface area (Å²) in [6.45, 7) is 2.58. The summed E-state index contributed by atoms with van der Waals surface area (Å²) in [5, 5.41) is 13.8. The molecule has 0 fully saturated rings. The van der Waals surface area contributed by atoms with Crippen molar-refractivity contribution < 1.29 is 4.79 Å². The molecule has 1 heterocycles. The van der Waals surface area contributed by atoms with E-state index in [4.69, 9.17) is 5.26 Å². The largest absolute Gasteiger partial charge is 0.325 e. The van der Waals surface area contributed by atoms with Crippen molar-refractivity contribution in [2.45, 2.75) is 19.5 Å². The minimum absolute atomic E-state index is 0.0896. The van der Waals surface area contributed by atoms with Crippen LogP contribution in [-0.4, -0.2) is 23.9 Å². The van der Waals surface area contributed by atoms with Crippen molar-refractivity contribution in [1.82, 2.24) is 4.90 Å². The normalized spacial score (nSPS) is 12.0. The summed E-state index contributed by atoms with van der Waals surface area (Å²) in [7, 11) is 1.92. The van der Waals surface area contributed by atoms with E-state index >= 15 is 0 Å². The van der Waals surface area contributed by atoms with Crippen LogP contribution in [0.5, 0.6) is 0 Å². The van der Waals surface area contributed by atoms with Crippen LogP contribution < -0.4 is 5.32 Å². The molecule has 1 aromatic heterocycles. The molecule has 1 unspecified atom stereocenters. The molecule has 22 heavy (non-hydrogen) atoms. The molecule has 0 aliphatic rings. The lowest BCUT2D eigenvalue weighted by molar-refractivity contribution is -0.120. The summed E-state index contributed by atoms with van der Waals surface area (Å²) in [6, 6.07) is 10.8. The SMILES string of the molecule is CC(C(=O)Nc1cccc(C#N)c1)N(C)Cc1cc(Br)cs1. The van der Waals surface area contributed by atoms with Gasteiger partial charge in [-0.1, -0.05) is 6.07 Å². The Morgan fingerprint density at radius 1 is 1.50 bits per heavy atom. The molecule has 2 rings (SSSR count). The Hall–Kier alpha value is -1.68. The van der Waals surface area contributed by atoms with Crippen molar-refractivity contribution in [3.63, 3.8) is 0 Å². The number of halogens is 1. The highest BCUT2D eigenvalue weighted by Crippen LogP contribution is 2.21. The van der Waals surface area contributed by atoms with Crippen molar-refractivity contribution in [2.24, 2.45) is 0 Å². The summed E-state index contributed by atoms with van der Waals surface area (Å²) in [5.74, 6) is -0.0896. The van der Waals surface area contributed by atoms with Crippen molar-refractivity contribution in [3.05, 3.63) is 50.6 Å². The number of likely N-dealkylation sites (N-methyl/N-ethyl adjacent to an activating group) is 1. The second kappa shape index (κ2) is 7.54. The third kappa shape index (κ3) is 4.41. The quantitative estimate of drug-likeness (QED) is 0.860. The van der Waals surface area contributed by atoms with Gasteiger partial charge in [0.2, 0.25) is 5.91 Å². The van der Waals surface area contributed by atoms with E-state index in [1.54, 1.807) is 35.6 Å². The fourth-order valence-corrected chi connectivity index (χ4v) is 3.45. The summed E-state index contributed by atoms with van der Waals surface area (Å²) in [4.78, 5) is 15.5. The molecular weight excluding hydrogens is 362 g/mol. The number of anilines is 1. The van der Waals surface area contributed by atoms with Crippen LogP contribution in [0.3, 0.4) is 0 Å². The Morgan fingerprint density at radius 2 is 2.27 bits per heavy atom. The highest BCUT2D eigenvalue weighted by Gasteiger charge is 2.18. The molecule has 0 spiro atoms. The van der Waals surface area contributed by atoms with Crippen LogP contribution in [0.25, 0.3) is 0 Å². The van der Waals surface area contributed by atoms with Gasteiger partial charge >= 0.3 is 0 Å². The first kappa shape index (κ1) is 16.7. The Morgan fingerprint density at radius 3 is 2.91 bits per heavy atom. The summed E-state index contributed by atoms with van der Waals surface area (Å²) in [5.41, 5.74) is 1.17. The predicted molar refractivity (Wildman–Crippen MR) is 92.7 cm³/mol. The molecule has 1 aromatic carbocycles. The summed E-state index contributed by atoms with van der Waals surface area (Å²) < 4.78 is 1.06. The maximum atomic E-state index is 12.3. The van der Waals surface area contributed by atoms with Gasteiger partial charge in [-0.15, -0.1) is 11.3 Å². The zero-order valence-corrected chi connectivity index (χ0v) is 14.7. The molecule has 1 amide bonds. The molecule has 0 radical (unpaired) electrons. The van der Waals surface area contributed by atoms with E-state index in [0.29, 0.717) is 17.8 Å². The number of hydrogen-bond acceptors (Lipinski definition) is 4. The standard InChI is InChI=1S/C16H16BrN3OS/c1-11(20(2)9-15-7-13(17)10-22-15)16(21)19-14-5-3-4-12(6-14)8-18/h3-7,10-11H,9H2,1-2H3,(H,19,21). The molecule has 0 aliphatic carbocycles. The first-order valence-electron chi connectivity index (χ1n) is 6.74. The van der Waals surface area contributed by atoms with Crippen molar-refractivity contribution >= 4 is 38.9 Å². The van der Waals surface area contributed by atoms with E-state index < -0.39 is 0 Å². The molecule has 1 atom stereocenters. The predicted octanol–water partition coefficient (Wildman–Crippen LogP) is 3.84. The molecule has 0 saturated carbocycles. The van der Waals surface area contributed by atoms with Gasteiger partial charge in [-0.05, 0) is 54.2 Å². The lowest BCUT2D eigenvalue weighted by Gasteiger charge is -2.23. The van der Waals surface area contributed by atoms with E-state index in [9.17, 15) is 4.79 Å². The van der Waals surface area contributed by atoms with E-state index in [2.05, 4.69) is 33.4 Å². The lowest BCUT2D eigenvalue weighted by Crippen LogP contribution is -2.39. The minimum Gasteiger partial charge on any atom is -0.325 e. The van der Waals surface area contributed by atoms with Gasteiger partial charge in [-0.3, -0.25) is 9.69 Å². The zero-order chi connectivity index (χ0) is 16.1. The van der Waals surface area contributed by atoms with Crippen LogP contribution in [0, 0.1) is 11.3 Å². The molecular formula is C16H16BrN3OS. The number of hydrogen-bond donors (Lipinski definition) is 1. The van der Waals surface area contributed by atoms with Crippen LogP contribution in [0.15, 0.2) is 40.2 Å². The number of rotatable bonds is 5. The smallest absolute Gasteiger partial charge is 0.241 e. The maximum Gasteiger partial charge on any atom is 0.241 e. The topological polar surface area (TPSA) is 56.1 Å². The fourth-order valence-electron chi connectivity index (χ4n) is 1.93. The van der Waals surface area contributed by atoms with Gasteiger partial charge < -0.3 is 5.32 Å². The number of thiophene rings is 1. The van der Waals surface area contributed by atoms with Crippen molar-refractivity contribution in [1.29, 1.82) is 5.26 Å². The number of nitrogens with one attached hydrogen (secondary N) is 1. The third-order valence-corrected chi connectivity index (χ3v) is 5.01. The van der Waals surface area contributed by atoms with Gasteiger partial charge in [0.1, 0.15) is 0 Å². The third-order valence-electron chi connectivity index (χ3n) is 3.33. The highest BCUT2D eigenvalue weighted by atomic mass is 79.9. The Balaban J connectivity index is 1.97. The van der Waals surface area contributed by atoms with Gasteiger partial charge in [0, 0.05) is 27.0 Å². The van der Waals surface area contributed by atoms with E-state index in [1.807, 2.05) is 24.3 Å². The van der Waals surface area contributed by atoms with Gasteiger partial charge in [-0.2, -0.15) is 5.26 Å². The van der Waals surface area contributed by atoms with Gasteiger partial charge in [-0.25, -0.2) is 0 Å². The van der Waals surface area contributed by atoms with Gasteiger partial charge in [0.15, 0.2) is 0 Å². The van der Waals surface area contributed by atoms with E-state index in [0.717, 1.165) is 4.47 Å². The second-order valence-electron chi connectivity index (χ2n) is 5.00. The number of benzene rings is 1. The van der Waals surface area contributed by atoms with Crippen molar-refractivity contribution in [3.8, 4) is 6.07 Å².